The molecule has 2 N–H and O–H groups in total. The van der Waals surface area contributed by atoms with E-state index < -0.39 is 6.09 Å². The minimum atomic E-state index is -0.580. The average Bonchev–Trinajstić information content (AvgIpc) is 3.08. The maximum atomic E-state index is 12.3. The number of aromatic nitrogens is 1. The number of aldehydes is 1. The zero-order chi connectivity index (χ0) is 19.2. The summed E-state index contributed by atoms with van der Waals surface area (Å²) in [4.78, 5) is 38.3. The van der Waals surface area contributed by atoms with Crippen molar-refractivity contribution in [3.05, 3.63) is 63.3 Å². The third kappa shape index (κ3) is 4.53. The van der Waals surface area contributed by atoms with Crippen LogP contribution < -0.4 is 4.87 Å². The van der Waals surface area contributed by atoms with Gasteiger partial charge in [0.1, 0.15) is 17.9 Å². The van der Waals surface area contributed by atoms with Gasteiger partial charge >= 0.3 is 11.0 Å². The van der Waals surface area contributed by atoms with Crippen LogP contribution in [0.5, 0.6) is 5.75 Å². The van der Waals surface area contributed by atoms with Gasteiger partial charge in [-0.05, 0) is 23.6 Å². The second-order valence-corrected chi connectivity index (χ2v) is 6.85. The standard InChI is InChI=1S/C19H18N2O5S/c22-10-11-26-19(25)21(12-13-4-2-1-3-5-13)9-8-14-6-7-15(23)16-17(14)27-18(24)20-16/h1-7,10,23H,8-9,11-12H2,(H,20,24). The lowest BCUT2D eigenvalue weighted by Gasteiger charge is -2.22. The Morgan fingerprint density at radius 3 is 2.74 bits per heavy atom. The predicted octanol–water partition coefficient (Wildman–Crippen LogP) is 2.68. The van der Waals surface area contributed by atoms with Crippen LogP contribution in [0.1, 0.15) is 11.1 Å². The number of aromatic amines is 1. The maximum Gasteiger partial charge on any atom is 0.410 e. The number of H-pyrrole nitrogens is 1. The van der Waals surface area contributed by atoms with Crippen molar-refractivity contribution >= 4 is 33.9 Å². The average molecular weight is 386 g/mol. The van der Waals surface area contributed by atoms with Gasteiger partial charge in [-0.1, -0.05) is 47.7 Å². The van der Waals surface area contributed by atoms with Crippen LogP contribution in [0.25, 0.3) is 10.2 Å². The number of ether oxygens (including phenoxy) is 1. The largest absolute Gasteiger partial charge is 0.506 e. The molecule has 140 valence electrons. The van der Waals surface area contributed by atoms with Crippen LogP contribution in [0, 0.1) is 0 Å². The van der Waals surface area contributed by atoms with E-state index in [-0.39, 0.29) is 17.2 Å². The highest BCUT2D eigenvalue weighted by atomic mass is 32.1. The lowest BCUT2D eigenvalue weighted by Crippen LogP contribution is -2.33. The van der Waals surface area contributed by atoms with Crippen molar-refractivity contribution in [1.29, 1.82) is 0 Å². The molecular weight excluding hydrogens is 368 g/mol. The quantitative estimate of drug-likeness (QED) is 0.608. The third-order valence-electron chi connectivity index (χ3n) is 4.04. The molecule has 0 aliphatic carbocycles. The molecule has 0 bridgehead atoms. The number of thiazole rings is 1. The monoisotopic (exact) mass is 386 g/mol. The summed E-state index contributed by atoms with van der Waals surface area (Å²) in [7, 11) is 0. The Labute approximate surface area is 158 Å². The molecule has 1 amide bonds. The lowest BCUT2D eigenvalue weighted by atomic mass is 10.1. The molecule has 0 atom stereocenters. The molecule has 0 saturated carbocycles. The van der Waals surface area contributed by atoms with Crippen molar-refractivity contribution in [2.75, 3.05) is 13.2 Å². The van der Waals surface area contributed by atoms with E-state index in [1.54, 1.807) is 6.07 Å². The summed E-state index contributed by atoms with van der Waals surface area (Å²) < 4.78 is 5.62. The molecule has 1 heterocycles. The van der Waals surface area contributed by atoms with Crippen molar-refractivity contribution in [3.63, 3.8) is 0 Å². The Kier molecular flexibility index (Phi) is 5.87. The Balaban J connectivity index is 1.79. The summed E-state index contributed by atoms with van der Waals surface area (Å²) in [5, 5.41) is 9.89. The zero-order valence-electron chi connectivity index (χ0n) is 14.4. The summed E-state index contributed by atoms with van der Waals surface area (Å²) in [5.74, 6) is 0.0126. The Morgan fingerprint density at radius 1 is 1.22 bits per heavy atom. The van der Waals surface area contributed by atoms with Crippen molar-refractivity contribution in [2.45, 2.75) is 13.0 Å². The van der Waals surface area contributed by atoms with Crippen LogP contribution in [0.15, 0.2) is 47.3 Å². The molecule has 0 aliphatic heterocycles. The molecular formula is C19H18N2O5S. The lowest BCUT2D eigenvalue weighted by molar-refractivity contribution is -0.110. The van der Waals surface area contributed by atoms with Gasteiger partial charge in [0.25, 0.3) is 0 Å². The molecule has 7 nitrogen and oxygen atoms in total. The molecule has 1 aromatic heterocycles. The highest BCUT2D eigenvalue weighted by Gasteiger charge is 2.17. The van der Waals surface area contributed by atoms with E-state index in [4.69, 9.17) is 4.74 Å². The van der Waals surface area contributed by atoms with Gasteiger partial charge in [-0.15, -0.1) is 0 Å². The van der Waals surface area contributed by atoms with Gasteiger partial charge in [0, 0.05) is 13.1 Å². The van der Waals surface area contributed by atoms with Crippen molar-refractivity contribution in [1.82, 2.24) is 9.88 Å². The number of hydrogen-bond donors (Lipinski definition) is 2. The fraction of sp³-hybridized carbons (Fsp3) is 0.211. The number of hydrogen-bond acceptors (Lipinski definition) is 6. The normalized spacial score (nSPS) is 10.7. The minimum absolute atomic E-state index is 0.0126. The van der Waals surface area contributed by atoms with Crippen LogP contribution in [0.2, 0.25) is 0 Å². The fourth-order valence-corrected chi connectivity index (χ4v) is 3.66. The second kappa shape index (κ2) is 8.50. The SMILES string of the molecule is O=CCOC(=O)N(CCc1ccc(O)c2[nH]c(=O)sc12)Cc1ccccc1. The van der Waals surface area contributed by atoms with Crippen LogP contribution >= 0.6 is 11.3 Å². The number of carbonyl (C=O) groups excluding carboxylic acids is 2. The van der Waals surface area contributed by atoms with Gasteiger partial charge < -0.3 is 19.7 Å². The third-order valence-corrected chi connectivity index (χ3v) is 5.00. The number of rotatable bonds is 7. The molecule has 0 aliphatic rings. The van der Waals surface area contributed by atoms with E-state index in [9.17, 15) is 19.5 Å². The first-order valence-corrected chi connectivity index (χ1v) is 9.13. The van der Waals surface area contributed by atoms with Crippen LogP contribution in [-0.2, 0) is 22.5 Å². The van der Waals surface area contributed by atoms with E-state index in [2.05, 4.69) is 4.98 Å². The number of aromatic hydroxyl groups is 1. The Bertz CT molecular complexity index is 996. The molecule has 0 saturated heterocycles. The molecule has 3 aromatic rings. The van der Waals surface area contributed by atoms with Gasteiger partial charge in [0.15, 0.2) is 6.29 Å². The molecule has 27 heavy (non-hydrogen) atoms. The molecule has 8 heteroatoms. The first kappa shape index (κ1) is 18.7. The van der Waals surface area contributed by atoms with Gasteiger partial charge in [-0.25, -0.2) is 4.79 Å². The van der Waals surface area contributed by atoms with Crippen molar-refractivity contribution in [2.24, 2.45) is 0 Å². The maximum absolute atomic E-state index is 12.3. The van der Waals surface area contributed by atoms with E-state index in [1.165, 1.54) is 11.0 Å². The first-order valence-electron chi connectivity index (χ1n) is 8.31. The number of amides is 1. The summed E-state index contributed by atoms with van der Waals surface area (Å²) in [6.45, 7) is 0.370. The molecule has 0 unspecified atom stereocenters. The van der Waals surface area contributed by atoms with Crippen molar-refractivity contribution < 1.29 is 19.4 Å². The van der Waals surface area contributed by atoms with Gasteiger partial charge in [0.05, 0.1) is 4.70 Å². The highest BCUT2D eigenvalue weighted by Crippen LogP contribution is 2.28. The second-order valence-electron chi connectivity index (χ2n) is 5.86. The fourth-order valence-electron chi connectivity index (χ4n) is 2.76. The van der Waals surface area contributed by atoms with E-state index in [1.807, 2.05) is 30.3 Å². The number of phenolic OH excluding ortho intramolecular Hbond substituents is 1. The van der Waals surface area contributed by atoms with Crippen LogP contribution in [-0.4, -0.2) is 40.5 Å². The number of nitrogens with one attached hydrogen (secondary N) is 1. The number of fused-ring (bicyclic) bond motifs is 1. The summed E-state index contributed by atoms with van der Waals surface area (Å²) in [5.41, 5.74) is 2.18. The topological polar surface area (TPSA) is 99.7 Å². The summed E-state index contributed by atoms with van der Waals surface area (Å²) >= 11 is 1.02. The number of benzene rings is 2. The number of nitrogens with zero attached hydrogens (tertiary/aromatic N) is 1. The molecule has 0 fully saturated rings. The van der Waals surface area contributed by atoms with Crippen LogP contribution in [0.3, 0.4) is 0 Å². The van der Waals surface area contributed by atoms with Crippen molar-refractivity contribution in [3.8, 4) is 5.75 Å². The minimum Gasteiger partial charge on any atom is -0.506 e. The highest BCUT2D eigenvalue weighted by molar-refractivity contribution is 7.16. The molecule has 0 radical (unpaired) electrons. The van der Waals surface area contributed by atoms with E-state index >= 15 is 0 Å². The van der Waals surface area contributed by atoms with Crippen LogP contribution in [0.4, 0.5) is 4.79 Å². The molecule has 0 spiro atoms. The van der Waals surface area contributed by atoms with Gasteiger partial charge in [0.2, 0.25) is 0 Å². The zero-order valence-corrected chi connectivity index (χ0v) is 15.2. The van der Waals surface area contributed by atoms with E-state index in [0.29, 0.717) is 36.0 Å². The molecule has 2 aromatic carbocycles. The predicted molar refractivity (Wildman–Crippen MR) is 102 cm³/mol. The number of phenols is 1. The Morgan fingerprint density at radius 2 is 2.00 bits per heavy atom. The first-order chi connectivity index (χ1) is 13.1. The summed E-state index contributed by atoms with van der Waals surface area (Å²) in [6.07, 6.45) is 0.413. The Hall–Kier alpha value is -3.13. The summed E-state index contributed by atoms with van der Waals surface area (Å²) in [6, 6.07) is 12.7. The molecule has 3 rings (SSSR count). The van der Waals surface area contributed by atoms with Gasteiger partial charge in [-0.2, -0.15) is 0 Å². The van der Waals surface area contributed by atoms with Gasteiger partial charge in [-0.3, -0.25) is 9.59 Å². The smallest absolute Gasteiger partial charge is 0.410 e. The number of carbonyl (C=O) groups is 2. The van der Waals surface area contributed by atoms with E-state index in [0.717, 1.165) is 22.5 Å².